The van der Waals surface area contributed by atoms with E-state index in [9.17, 15) is 4.79 Å². The standard InChI is InChI=1S/C13H14BrN3OS/c1-15-12-8-9(4-6-16-12)13(18)17-7-5-10-2-3-11(14)19-10/h2-4,6,8H,5,7H2,1H3,(H,15,16)(H,17,18). The van der Waals surface area contributed by atoms with Crippen LogP contribution in [0, 0.1) is 0 Å². The van der Waals surface area contributed by atoms with Gasteiger partial charge in [0.05, 0.1) is 3.79 Å². The molecule has 0 saturated heterocycles. The van der Waals surface area contributed by atoms with E-state index in [1.165, 1.54) is 4.88 Å². The molecule has 19 heavy (non-hydrogen) atoms. The average Bonchev–Trinajstić information content (AvgIpc) is 2.84. The summed E-state index contributed by atoms with van der Waals surface area (Å²) in [7, 11) is 1.78. The van der Waals surface area contributed by atoms with E-state index in [0.717, 1.165) is 10.2 Å². The van der Waals surface area contributed by atoms with Crippen molar-refractivity contribution in [3.8, 4) is 0 Å². The average molecular weight is 340 g/mol. The summed E-state index contributed by atoms with van der Waals surface area (Å²) >= 11 is 5.11. The molecule has 2 N–H and O–H groups in total. The van der Waals surface area contributed by atoms with Crippen LogP contribution >= 0.6 is 27.3 Å². The van der Waals surface area contributed by atoms with Crippen LogP contribution in [-0.2, 0) is 6.42 Å². The third-order valence-electron chi connectivity index (χ3n) is 2.56. The fourth-order valence-corrected chi connectivity index (χ4v) is 3.08. The molecule has 2 heterocycles. The van der Waals surface area contributed by atoms with Crippen molar-refractivity contribution < 1.29 is 4.79 Å². The van der Waals surface area contributed by atoms with E-state index >= 15 is 0 Å². The number of halogens is 1. The van der Waals surface area contributed by atoms with Gasteiger partial charge in [0.15, 0.2) is 0 Å². The summed E-state index contributed by atoms with van der Waals surface area (Å²) in [5.74, 6) is 0.615. The summed E-state index contributed by atoms with van der Waals surface area (Å²) in [6.07, 6.45) is 2.46. The van der Waals surface area contributed by atoms with Gasteiger partial charge in [0.25, 0.3) is 5.91 Å². The molecule has 6 heteroatoms. The molecule has 0 unspecified atom stereocenters. The van der Waals surface area contributed by atoms with Gasteiger partial charge < -0.3 is 10.6 Å². The fourth-order valence-electron chi connectivity index (χ4n) is 1.60. The lowest BCUT2D eigenvalue weighted by Gasteiger charge is -2.05. The van der Waals surface area contributed by atoms with Crippen LogP contribution in [-0.4, -0.2) is 24.5 Å². The van der Waals surface area contributed by atoms with E-state index < -0.39 is 0 Å². The molecule has 0 spiro atoms. The van der Waals surface area contributed by atoms with Crippen LogP contribution in [0.15, 0.2) is 34.2 Å². The quantitative estimate of drug-likeness (QED) is 0.880. The second-order valence-electron chi connectivity index (χ2n) is 3.89. The molecule has 0 aromatic carbocycles. The minimum absolute atomic E-state index is 0.0745. The van der Waals surface area contributed by atoms with Crippen LogP contribution < -0.4 is 10.6 Å². The number of anilines is 1. The highest BCUT2D eigenvalue weighted by molar-refractivity contribution is 9.11. The largest absolute Gasteiger partial charge is 0.373 e. The van der Waals surface area contributed by atoms with Crippen molar-refractivity contribution >= 4 is 39.0 Å². The minimum atomic E-state index is -0.0745. The van der Waals surface area contributed by atoms with Gasteiger partial charge in [0.1, 0.15) is 5.82 Å². The zero-order valence-electron chi connectivity index (χ0n) is 10.4. The van der Waals surface area contributed by atoms with Crippen molar-refractivity contribution in [2.24, 2.45) is 0 Å². The maximum absolute atomic E-state index is 11.9. The number of nitrogens with zero attached hydrogens (tertiary/aromatic N) is 1. The summed E-state index contributed by atoms with van der Waals surface area (Å²) in [5.41, 5.74) is 0.617. The molecule has 2 aromatic heterocycles. The zero-order valence-corrected chi connectivity index (χ0v) is 12.8. The van der Waals surface area contributed by atoms with Crippen LogP contribution in [0.1, 0.15) is 15.2 Å². The van der Waals surface area contributed by atoms with Gasteiger partial charge in [-0.05, 0) is 46.6 Å². The predicted octanol–water partition coefficient (Wildman–Crippen LogP) is 2.92. The molecular weight excluding hydrogens is 326 g/mol. The maximum atomic E-state index is 11.9. The Labute approximate surface area is 124 Å². The van der Waals surface area contributed by atoms with Crippen molar-refractivity contribution in [1.82, 2.24) is 10.3 Å². The van der Waals surface area contributed by atoms with Gasteiger partial charge >= 0.3 is 0 Å². The number of carbonyl (C=O) groups is 1. The molecule has 1 amide bonds. The molecule has 0 bridgehead atoms. The Balaban J connectivity index is 1.87. The van der Waals surface area contributed by atoms with Crippen molar-refractivity contribution in [1.29, 1.82) is 0 Å². The van der Waals surface area contributed by atoms with Crippen LogP contribution in [0.2, 0.25) is 0 Å². The monoisotopic (exact) mass is 339 g/mol. The van der Waals surface area contributed by atoms with E-state index in [1.807, 2.05) is 6.07 Å². The summed E-state index contributed by atoms with van der Waals surface area (Å²) in [6.45, 7) is 0.628. The summed E-state index contributed by atoms with van der Waals surface area (Å²) in [4.78, 5) is 17.3. The van der Waals surface area contributed by atoms with Gasteiger partial charge in [0.2, 0.25) is 0 Å². The van der Waals surface area contributed by atoms with Gasteiger partial charge in [0, 0.05) is 30.2 Å². The maximum Gasteiger partial charge on any atom is 0.251 e. The van der Waals surface area contributed by atoms with E-state index in [2.05, 4.69) is 37.6 Å². The normalized spacial score (nSPS) is 10.2. The van der Waals surface area contributed by atoms with E-state index in [-0.39, 0.29) is 5.91 Å². The molecule has 0 radical (unpaired) electrons. The van der Waals surface area contributed by atoms with Gasteiger partial charge in [-0.1, -0.05) is 0 Å². The Kier molecular flexibility index (Phi) is 4.93. The Morgan fingerprint density at radius 1 is 1.42 bits per heavy atom. The Morgan fingerprint density at radius 2 is 2.26 bits per heavy atom. The smallest absolute Gasteiger partial charge is 0.251 e. The Bertz CT molecular complexity index is 571. The highest BCUT2D eigenvalue weighted by Gasteiger charge is 2.06. The lowest BCUT2D eigenvalue weighted by Crippen LogP contribution is -2.25. The van der Waals surface area contributed by atoms with E-state index in [4.69, 9.17) is 0 Å². The number of aromatic nitrogens is 1. The van der Waals surface area contributed by atoms with E-state index in [1.54, 1.807) is 36.7 Å². The van der Waals surface area contributed by atoms with Gasteiger partial charge in [-0.3, -0.25) is 4.79 Å². The van der Waals surface area contributed by atoms with E-state index in [0.29, 0.717) is 17.9 Å². The third-order valence-corrected chi connectivity index (χ3v) is 4.25. The Morgan fingerprint density at radius 3 is 2.95 bits per heavy atom. The number of pyridine rings is 1. The van der Waals surface area contributed by atoms with Gasteiger partial charge in [-0.25, -0.2) is 4.98 Å². The highest BCUT2D eigenvalue weighted by Crippen LogP contribution is 2.22. The van der Waals surface area contributed by atoms with Crippen LogP contribution in [0.5, 0.6) is 0 Å². The molecule has 0 aliphatic heterocycles. The molecule has 100 valence electrons. The van der Waals surface area contributed by atoms with Crippen molar-refractivity contribution in [3.05, 3.63) is 44.7 Å². The molecular formula is C13H14BrN3OS. The second kappa shape index (κ2) is 6.68. The molecule has 0 atom stereocenters. The Hall–Kier alpha value is -1.40. The van der Waals surface area contributed by atoms with Crippen molar-refractivity contribution in [2.45, 2.75) is 6.42 Å². The lowest BCUT2D eigenvalue weighted by molar-refractivity contribution is 0.0954. The number of hydrogen-bond donors (Lipinski definition) is 2. The van der Waals surface area contributed by atoms with Gasteiger partial charge in [-0.2, -0.15) is 0 Å². The number of hydrogen-bond acceptors (Lipinski definition) is 4. The minimum Gasteiger partial charge on any atom is -0.373 e. The van der Waals surface area contributed by atoms with Crippen molar-refractivity contribution in [3.63, 3.8) is 0 Å². The van der Waals surface area contributed by atoms with Crippen molar-refractivity contribution in [2.75, 3.05) is 18.9 Å². The first-order valence-electron chi connectivity index (χ1n) is 5.85. The van der Waals surface area contributed by atoms with Crippen LogP contribution in [0.3, 0.4) is 0 Å². The number of thiophene rings is 1. The summed E-state index contributed by atoms with van der Waals surface area (Å²) < 4.78 is 1.11. The summed E-state index contributed by atoms with van der Waals surface area (Å²) in [6, 6.07) is 7.52. The lowest BCUT2D eigenvalue weighted by atomic mass is 10.2. The first kappa shape index (κ1) is 14.0. The predicted molar refractivity (Wildman–Crippen MR) is 81.8 cm³/mol. The first-order chi connectivity index (χ1) is 9.19. The zero-order chi connectivity index (χ0) is 13.7. The topological polar surface area (TPSA) is 54.0 Å². The van der Waals surface area contributed by atoms with Crippen LogP contribution in [0.25, 0.3) is 0 Å². The molecule has 0 aliphatic rings. The first-order valence-corrected chi connectivity index (χ1v) is 7.46. The molecule has 2 rings (SSSR count). The molecule has 4 nitrogen and oxygen atoms in total. The number of rotatable bonds is 5. The number of amides is 1. The second-order valence-corrected chi connectivity index (χ2v) is 6.44. The van der Waals surface area contributed by atoms with Crippen LogP contribution in [0.4, 0.5) is 5.82 Å². The highest BCUT2D eigenvalue weighted by atomic mass is 79.9. The molecule has 0 fully saturated rings. The number of carbonyl (C=O) groups excluding carboxylic acids is 1. The number of nitrogens with one attached hydrogen (secondary N) is 2. The summed E-state index contributed by atoms with van der Waals surface area (Å²) in [5, 5.41) is 5.82. The molecule has 0 aliphatic carbocycles. The third kappa shape index (κ3) is 4.04. The SMILES string of the molecule is CNc1cc(C(=O)NCCc2ccc(Br)s2)ccn1. The molecule has 2 aromatic rings. The fraction of sp³-hybridized carbons (Fsp3) is 0.231. The molecule has 0 saturated carbocycles. The van der Waals surface area contributed by atoms with Gasteiger partial charge in [-0.15, -0.1) is 11.3 Å².